The highest BCUT2D eigenvalue weighted by atomic mass is 35.5. The zero-order valence-corrected chi connectivity index (χ0v) is 17.2. The maximum Gasteiger partial charge on any atom is 0.283 e. The number of carbonyl (C=O) groups is 1. The van der Waals surface area contributed by atoms with Gasteiger partial charge in [-0.05, 0) is 68.8 Å². The number of hydrogen-bond acceptors (Lipinski definition) is 3. The van der Waals surface area contributed by atoms with Crippen molar-refractivity contribution in [3.8, 4) is 0 Å². The van der Waals surface area contributed by atoms with E-state index in [1.807, 2.05) is 24.3 Å². The topological polar surface area (TPSA) is 41.5 Å². The molecule has 0 atom stereocenters. The molecule has 0 spiro atoms. The molecule has 0 saturated heterocycles. The number of benzene rings is 1. The molecule has 142 valence electrons. The van der Waals surface area contributed by atoms with Gasteiger partial charge in [0.15, 0.2) is 0 Å². The Balaban J connectivity index is 1.40. The molecular formula is C22H25ClN2OS. The summed E-state index contributed by atoms with van der Waals surface area (Å²) in [6.07, 6.45) is 8.97. The van der Waals surface area contributed by atoms with Gasteiger partial charge in [0.05, 0.1) is 5.02 Å². The summed E-state index contributed by atoms with van der Waals surface area (Å²) in [5, 5.41) is 6.16. The molecular weight excluding hydrogens is 376 g/mol. The van der Waals surface area contributed by atoms with E-state index in [1.54, 1.807) is 0 Å². The van der Waals surface area contributed by atoms with E-state index in [2.05, 4.69) is 17.5 Å². The van der Waals surface area contributed by atoms with E-state index < -0.39 is 0 Å². The fourth-order valence-corrected chi connectivity index (χ4v) is 7.77. The number of rotatable bonds is 4. The Morgan fingerprint density at radius 3 is 2.41 bits per heavy atom. The summed E-state index contributed by atoms with van der Waals surface area (Å²) >= 11 is 7.90. The van der Waals surface area contributed by atoms with Crippen molar-refractivity contribution in [1.29, 1.82) is 0 Å². The molecule has 1 aromatic carbocycles. The molecule has 2 aromatic rings. The van der Waals surface area contributed by atoms with Crippen molar-refractivity contribution in [2.75, 3.05) is 0 Å². The lowest BCUT2D eigenvalue weighted by molar-refractivity contribution is -0.0134. The van der Waals surface area contributed by atoms with Crippen LogP contribution in [-0.2, 0) is 0 Å². The Morgan fingerprint density at radius 2 is 1.81 bits per heavy atom. The van der Waals surface area contributed by atoms with Gasteiger partial charge in [0.25, 0.3) is 5.91 Å². The number of thiophene rings is 1. The minimum Gasteiger partial charge on any atom is -0.266 e. The van der Waals surface area contributed by atoms with E-state index in [0.717, 1.165) is 34.3 Å². The van der Waals surface area contributed by atoms with Crippen LogP contribution in [0.25, 0.3) is 10.1 Å². The van der Waals surface area contributed by atoms with Crippen LogP contribution in [0, 0.1) is 23.2 Å². The van der Waals surface area contributed by atoms with Crippen molar-refractivity contribution in [1.82, 2.24) is 5.43 Å². The Bertz CT molecular complexity index is 896. The molecule has 1 amide bonds. The van der Waals surface area contributed by atoms with Gasteiger partial charge in [-0.15, -0.1) is 11.3 Å². The first-order valence-electron chi connectivity index (χ1n) is 10.1. The van der Waals surface area contributed by atoms with Crippen molar-refractivity contribution in [2.24, 2.45) is 28.3 Å². The van der Waals surface area contributed by atoms with Gasteiger partial charge in [0, 0.05) is 21.2 Å². The molecule has 5 heteroatoms. The normalized spacial score (nSPS) is 32.2. The predicted molar refractivity (Wildman–Crippen MR) is 113 cm³/mol. The van der Waals surface area contributed by atoms with E-state index in [-0.39, 0.29) is 11.3 Å². The molecule has 1 aromatic heterocycles. The van der Waals surface area contributed by atoms with Gasteiger partial charge in [0.2, 0.25) is 0 Å². The molecule has 0 aliphatic heterocycles. The van der Waals surface area contributed by atoms with Crippen LogP contribution in [-0.4, -0.2) is 11.6 Å². The lowest BCUT2D eigenvalue weighted by Crippen LogP contribution is -2.50. The number of hydrogen-bond donors (Lipinski definition) is 1. The van der Waals surface area contributed by atoms with Crippen molar-refractivity contribution in [3.63, 3.8) is 0 Å². The minimum atomic E-state index is -0.183. The fourth-order valence-electron chi connectivity index (χ4n) is 6.37. The van der Waals surface area contributed by atoms with Crippen LogP contribution >= 0.6 is 22.9 Å². The first-order valence-corrected chi connectivity index (χ1v) is 11.3. The van der Waals surface area contributed by atoms with Crippen molar-refractivity contribution in [3.05, 3.63) is 34.2 Å². The SMILES string of the molecule is CCC(=NNC(=O)c1sc2ccccc2c1Cl)C12CC3CC(CC(C3)C1)C2. The van der Waals surface area contributed by atoms with Gasteiger partial charge in [-0.25, -0.2) is 5.43 Å². The molecule has 1 N–H and O–H groups in total. The lowest BCUT2D eigenvalue weighted by atomic mass is 9.48. The molecule has 1 heterocycles. The molecule has 4 aliphatic carbocycles. The van der Waals surface area contributed by atoms with Gasteiger partial charge >= 0.3 is 0 Å². The first kappa shape index (κ1) is 17.7. The zero-order valence-electron chi connectivity index (χ0n) is 15.6. The van der Waals surface area contributed by atoms with Crippen molar-refractivity contribution < 1.29 is 4.79 Å². The van der Waals surface area contributed by atoms with E-state index >= 15 is 0 Å². The predicted octanol–water partition coefficient (Wildman–Crippen LogP) is 6.27. The van der Waals surface area contributed by atoms with E-state index in [1.165, 1.54) is 55.6 Å². The average Bonchev–Trinajstić information content (AvgIpc) is 2.98. The largest absolute Gasteiger partial charge is 0.283 e. The summed E-state index contributed by atoms with van der Waals surface area (Å²) in [6, 6.07) is 7.88. The standard InChI is InChI=1S/C22H25ClN2OS/c1-2-18(22-10-13-7-14(11-22)9-15(8-13)12-22)24-25-21(26)20-19(23)16-5-3-4-6-17(16)27-20/h3-6,13-15H,2,7-12H2,1H3,(H,25,26). The number of amides is 1. The third kappa shape index (κ3) is 2.92. The Labute approximate surface area is 169 Å². The monoisotopic (exact) mass is 400 g/mol. The van der Waals surface area contributed by atoms with Crippen LogP contribution in [0.15, 0.2) is 29.4 Å². The number of hydrazone groups is 1. The fraction of sp³-hybridized carbons (Fsp3) is 0.545. The molecule has 3 nitrogen and oxygen atoms in total. The summed E-state index contributed by atoms with van der Waals surface area (Å²) in [5.74, 6) is 2.44. The van der Waals surface area contributed by atoms with Crippen LogP contribution in [0.5, 0.6) is 0 Å². The number of halogens is 1. The summed E-state index contributed by atoms with van der Waals surface area (Å²) in [4.78, 5) is 13.3. The molecule has 0 radical (unpaired) electrons. The lowest BCUT2D eigenvalue weighted by Gasteiger charge is -2.57. The Morgan fingerprint density at radius 1 is 1.19 bits per heavy atom. The van der Waals surface area contributed by atoms with Gasteiger partial charge in [-0.2, -0.15) is 5.10 Å². The average molecular weight is 401 g/mol. The molecule has 4 bridgehead atoms. The second kappa shape index (κ2) is 6.59. The zero-order chi connectivity index (χ0) is 18.6. The second-order valence-corrected chi connectivity index (χ2v) is 10.2. The van der Waals surface area contributed by atoms with E-state index in [4.69, 9.17) is 11.6 Å². The second-order valence-electron chi connectivity index (χ2n) is 8.79. The Hall–Kier alpha value is -1.39. The third-order valence-electron chi connectivity index (χ3n) is 7.02. The van der Waals surface area contributed by atoms with Gasteiger partial charge < -0.3 is 0 Å². The van der Waals surface area contributed by atoms with Crippen LogP contribution in [0.3, 0.4) is 0 Å². The first-order chi connectivity index (χ1) is 13.1. The Kier molecular flexibility index (Phi) is 4.32. The number of nitrogens with zero attached hydrogens (tertiary/aromatic N) is 1. The highest BCUT2D eigenvalue weighted by molar-refractivity contribution is 7.21. The summed E-state index contributed by atoms with van der Waals surface area (Å²) in [6.45, 7) is 2.18. The maximum absolute atomic E-state index is 12.8. The molecule has 4 saturated carbocycles. The molecule has 6 rings (SSSR count). The summed E-state index contributed by atoms with van der Waals surface area (Å²) in [5.41, 5.74) is 4.29. The van der Waals surface area contributed by atoms with Gasteiger partial charge in [-0.3, -0.25) is 4.79 Å². The molecule has 4 aliphatic rings. The van der Waals surface area contributed by atoms with E-state index in [0.29, 0.717) is 9.90 Å². The van der Waals surface area contributed by atoms with Crippen molar-refractivity contribution in [2.45, 2.75) is 51.9 Å². The summed E-state index contributed by atoms with van der Waals surface area (Å²) in [7, 11) is 0. The third-order valence-corrected chi connectivity index (χ3v) is 8.69. The van der Waals surface area contributed by atoms with Crippen LogP contribution < -0.4 is 5.43 Å². The molecule has 4 fully saturated rings. The number of carbonyl (C=O) groups excluding carboxylic acids is 1. The van der Waals surface area contributed by atoms with Gasteiger partial charge in [0.1, 0.15) is 4.88 Å². The number of nitrogens with one attached hydrogen (secondary N) is 1. The highest BCUT2D eigenvalue weighted by Crippen LogP contribution is 2.60. The summed E-state index contributed by atoms with van der Waals surface area (Å²) < 4.78 is 1.04. The van der Waals surface area contributed by atoms with Crippen LogP contribution in [0.1, 0.15) is 61.5 Å². The minimum absolute atomic E-state index is 0.183. The maximum atomic E-state index is 12.8. The highest BCUT2D eigenvalue weighted by Gasteiger charge is 2.52. The van der Waals surface area contributed by atoms with Crippen molar-refractivity contribution >= 4 is 44.6 Å². The number of fused-ring (bicyclic) bond motifs is 1. The van der Waals surface area contributed by atoms with Crippen LogP contribution in [0.2, 0.25) is 5.02 Å². The molecule has 27 heavy (non-hydrogen) atoms. The quantitative estimate of drug-likeness (QED) is 0.477. The smallest absolute Gasteiger partial charge is 0.266 e. The van der Waals surface area contributed by atoms with E-state index in [9.17, 15) is 4.79 Å². The van der Waals surface area contributed by atoms with Gasteiger partial charge in [-0.1, -0.05) is 36.7 Å². The molecule has 0 unspecified atom stereocenters. The van der Waals surface area contributed by atoms with Crippen LogP contribution in [0.4, 0.5) is 0 Å².